The number of carboxylic acid groups (broad SMARTS) is 1. The number of unbranched alkanes of at least 4 members (excludes halogenated alkanes) is 52. The molecule has 0 aromatic rings. The van der Waals surface area contributed by atoms with Gasteiger partial charge in [0.25, 0.3) is 6.29 Å². The number of hydrogen-bond acceptors (Lipinski definition) is 7. The zero-order valence-electron chi connectivity index (χ0n) is 53.8. The van der Waals surface area contributed by atoms with Gasteiger partial charge in [0.15, 0.2) is 6.10 Å². The molecule has 79 heavy (non-hydrogen) atoms. The lowest BCUT2D eigenvalue weighted by Gasteiger charge is -2.25. The number of nitrogens with zero attached hydrogens (tertiary/aromatic N) is 1. The third-order valence-electron chi connectivity index (χ3n) is 16.4. The number of carboxylic acids is 1. The first kappa shape index (κ1) is 77.3. The van der Waals surface area contributed by atoms with E-state index in [9.17, 15) is 19.5 Å². The molecule has 0 amide bonds. The Kier molecular flexibility index (Phi) is 61.0. The van der Waals surface area contributed by atoms with Crippen LogP contribution in [0.4, 0.5) is 0 Å². The molecule has 0 aromatic heterocycles. The van der Waals surface area contributed by atoms with Crippen molar-refractivity contribution in [3.8, 4) is 0 Å². The Morgan fingerprint density at radius 3 is 0.810 bits per heavy atom. The maximum Gasteiger partial charge on any atom is 0.361 e. The largest absolute Gasteiger partial charge is 0.477 e. The topological polar surface area (TPSA) is 108 Å². The van der Waals surface area contributed by atoms with Gasteiger partial charge in [-0.05, 0) is 12.8 Å². The zero-order chi connectivity index (χ0) is 57.6. The minimum absolute atomic E-state index is 0.172. The van der Waals surface area contributed by atoms with Gasteiger partial charge in [-0.2, -0.15) is 0 Å². The van der Waals surface area contributed by atoms with Gasteiger partial charge >= 0.3 is 17.9 Å². The number of carbonyl (C=O) groups excluding carboxylic acids is 2. The lowest BCUT2D eigenvalue weighted by Crippen LogP contribution is -2.40. The third kappa shape index (κ3) is 63.7. The van der Waals surface area contributed by atoms with Crippen LogP contribution in [-0.2, 0) is 33.3 Å². The molecule has 0 radical (unpaired) electrons. The van der Waals surface area contributed by atoms with Crippen LogP contribution in [0.2, 0.25) is 0 Å². The second-order valence-electron chi connectivity index (χ2n) is 25.6. The molecule has 0 aliphatic heterocycles. The van der Waals surface area contributed by atoms with Crippen LogP contribution in [0.5, 0.6) is 0 Å². The Hall–Kier alpha value is -1.71. The van der Waals surface area contributed by atoms with Gasteiger partial charge in [0.1, 0.15) is 13.2 Å². The highest BCUT2D eigenvalue weighted by atomic mass is 16.7. The SMILES string of the molecule is CCCCCCCCCCCCCCCCCCCCCCCCCCCCCCCCCCCCCCCCC(=O)OC(COC(=O)CCCCCCCCCCCCCCCCCC)COC(OCC[N+](C)(C)C)C(=O)O. The lowest BCUT2D eigenvalue weighted by atomic mass is 10.0. The highest BCUT2D eigenvalue weighted by Crippen LogP contribution is 2.20. The average Bonchev–Trinajstić information content (AvgIpc) is 3.42. The second kappa shape index (κ2) is 62.3. The number of ether oxygens (including phenoxy) is 4. The number of rotatable bonds is 67. The van der Waals surface area contributed by atoms with E-state index in [0.717, 1.165) is 38.5 Å². The molecule has 0 rings (SSSR count). The molecular weight excluding hydrogens is 983 g/mol. The molecule has 0 saturated carbocycles. The van der Waals surface area contributed by atoms with Gasteiger partial charge in [-0.3, -0.25) is 9.59 Å². The van der Waals surface area contributed by atoms with Gasteiger partial charge in [-0.1, -0.05) is 348 Å². The van der Waals surface area contributed by atoms with Crippen LogP contribution in [0.3, 0.4) is 0 Å². The van der Waals surface area contributed by atoms with Crippen LogP contribution in [0.25, 0.3) is 0 Å². The molecule has 1 N–H and O–H groups in total. The number of carbonyl (C=O) groups is 3. The van der Waals surface area contributed by atoms with Gasteiger partial charge in [-0.15, -0.1) is 0 Å². The van der Waals surface area contributed by atoms with Crippen molar-refractivity contribution in [2.45, 2.75) is 386 Å². The van der Waals surface area contributed by atoms with Gasteiger partial charge in [-0.25, -0.2) is 4.79 Å². The minimum Gasteiger partial charge on any atom is -0.477 e. The van der Waals surface area contributed by atoms with Crippen molar-refractivity contribution < 1.29 is 42.9 Å². The molecule has 9 heteroatoms. The van der Waals surface area contributed by atoms with E-state index in [1.54, 1.807) is 0 Å². The Morgan fingerprint density at radius 1 is 0.329 bits per heavy atom. The third-order valence-corrected chi connectivity index (χ3v) is 16.4. The average molecular weight is 1120 g/mol. The number of esters is 2. The summed E-state index contributed by atoms with van der Waals surface area (Å²) in [6.45, 7) is 4.96. The summed E-state index contributed by atoms with van der Waals surface area (Å²) in [5.74, 6) is -1.97. The number of likely N-dealkylation sites (N-methyl/N-ethyl adjacent to an activating group) is 1. The smallest absolute Gasteiger partial charge is 0.361 e. The fourth-order valence-electron chi connectivity index (χ4n) is 11.0. The van der Waals surface area contributed by atoms with E-state index in [2.05, 4.69) is 13.8 Å². The summed E-state index contributed by atoms with van der Waals surface area (Å²) in [6.07, 6.45) is 71.0. The van der Waals surface area contributed by atoms with E-state index in [-0.39, 0.29) is 38.2 Å². The van der Waals surface area contributed by atoms with E-state index in [1.807, 2.05) is 21.1 Å². The summed E-state index contributed by atoms with van der Waals surface area (Å²) < 4.78 is 23.0. The summed E-state index contributed by atoms with van der Waals surface area (Å²) in [5, 5.41) is 9.72. The van der Waals surface area contributed by atoms with Crippen molar-refractivity contribution >= 4 is 17.9 Å². The highest BCUT2D eigenvalue weighted by molar-refractivity contribution is 5.71. The molecule has 0 bridgehead atoms. The van der Waals surface area contributed by atoms with Crippen molar-refractivity contribution in [2.75, 3.05) is 47.5 Å². The molecule has 0 aliphatic carbocycles. The quantitative estimate of drug-likeness (QED) is 0.0278. The first-order chi connectivity index (χ1) is 38.6. The van der Waals surface area contributed by atoms with Gasteiger partial charge in [0, 0.05) is 12.8 Å². The molecule has 2 atom stereocenters. The first-order valence-corrected chi connectivity index (χ1v) is 35.2. The van der Waals surface area contributed by atoms with Crippen LogP contribution in [0.15, 0.2) is 0 Å². The normalized spacial score (nSPS) is 12.6. The Bertz CT molecular complexity index is 1260. The van der Waals surface area contributed by atoms with E-state index < -0.39 is 18.4 Å². The monoisotopic (exact) mass is 1120 g/mol. The molecular formula is C70H138NO8+. The summed E-state index contributed by atoms with van der Waals surface area (Å²) in [6, 6.07) is 0. The van der Waals surface area contributed by atoms with Crippen molar-refractivity contribution in [2.24, 2.45) is 0 Å². The predicted molar refractivity (Wildman–Crippen MR) is 337 cm³/mol. The molecule has 9 nitrogen and oxygen atoms in total. The van der Waals surface area contributed by atoms with E-state index in [1.165, 1.54) is 308 Å². The number of quaternary nitrogens is 1. The van der Waals surface area contributed by atoms with Crippen molar-refractivity contribution in [1.82, 2.24) is 0 Å². The minimum atomic E-state index is -1.50. The van der Waals surface area contributed by atoms with Crippen LogP contribution in [0.1, 0.15) is 373 Å². The lowest BCUT2D eigenvalue weighted by molar-refractivity contribution is -0.870. The summed E-state index contributed by atoms with van der Waals surface area (Å²) >= 11 is 0. The Labute approximate surface area is 492 Å². The summed E-state index contributed by atoms with van der Waals surface area (Å²) in [5.41, 5.74) is 0. The Balaban J connectivity index is 3.91. The fourth-order valence-corrected chi connectivity index (χ4v) is 11.0. The zero-order valence-corrected chi connectivity index (χ0v) is 53.8. The highest BCUT2D eigenvalue weighted by Gasteiger charge is 2.25. The van der Waals surface area contributed by atoms with E-state index >= 15 is 0 Å². The molecule has 0 heterocycles. The molecule has 470 valence electrons. The summed E-state index contributed by atoms with van der Waals surface area (Å²) in [4.78, 5) is 37.5. The predicted octanol–water partition coefficient (Wildman–Crippen LogP) is 21.5. The number of aliphatic carboxylic acids is 1. The van der Waals surface area contributed by atoms with Crippen LogP contribution in [0, 0.1) is 0 Å². The second-order valence-corrected chi connectivity index (χ2v) is 25.6. The molecule has 0 aromatic carbocycles. The fraction of sp³-hybridized carbons (Fsp3) is 0.957. The van der Waals surface area contributed by atoms with E-state index in [0.29, 0.717) is 17.4 Å². The molecule has 0 saturated heterocycles. The van der Waals surface area contributed by atoms with Crippen LogP contribution in [-0.4, -0.2) is 87.4 Å². The van der Waals surface area contributed by atoms with Crippen molar-refractivity contribution in [3.63, 3.8) is 0 Å². The maximum atomic E-state index is 12.9. The maximum absolute atomic E-state index is 12.9. The van der Waals surface area contributed by atoms with Crippen LogP contribution >= 0.6 is 0 Å². The van der Waals surface area contributed by atoms with Gasteiger partial charge in [0.05, 0.1) is 34.4 Å². The van der Waals surface area contributed by atoms with Crippen molar-refractivity contribution in [3.05, 3.63) is 0 Å². The van der Waals surface area contributed by atoms with Gasteiger partial charge < -0.3 is 28.5 Å². The first-order valence-electron chi connectivity index (χ1n) is 35.2. The van der Waals surface area contributed by atoms with Crippen molar-refractivity contribution in [1.29, 1.82) is 0 Å². The van der Waals surface area contributed by atoms with E-state index in [4.69, 9.17) is 18.9 Å². The Morgan fingerprint density at radius 2 is 0.570 bits per heavy atom. The summed E-state index contributed by atoms with van der Waals surface area (Å²) in [7, 11) is 5.99. The standard InChI is InChI=1S/C70H137NO8/c1-6-8-10-12-14-16-18-20-22-24-25-26-27-28-29-30-31-32-33-34-35-36-37-38-39-40-41-42-43-44-45-47-49-51-53-55-57-59-61-68(73)79-66(65-78-70(69(74)75)76-63-62-71(3,4)5)64-77-67(72)60-58-56-54-52-50-48-46-23-21-19-17-15-13-11-9-7-2/h66,70H,6-65H2,1-5H3/p+1. The number of hydrogen-bond donors (Lipinski definition) is 1. The molecule has 0 aliphatic rings. The molecule has 0 spiro atoms. The molecule has 2 unspecified atom stereocenters. The molecule has 0 fully saturated rings. The van der Waals surface area contributed by atoms with Crippen LogP contribution < -0.4 is 0 Å². The van der Waals surface area contributed by atoms with Gasteiger partial charge in [0.2, 0.25) is 0 Å².